The zero-order valence-electron chi connectivity index (χ0n) is 23.2. The van der Waals surface area contributed by atoms with Crippen molar-refractivity contribution in [2.75, 3.05) is 58.5 Å². The van der Waals surface area contributed by atoms with E-state index in [0.29, 0.717) is 51.0 Å². The molecule has 2 unspecified atom stereocenters. The van der Waals surface area contributed by atoms with Crippen LogP contribution in [0.25, 0.3) is 5.95 Å². The van der Waals surface area contributed by atoms with Gasteiger partial charge < -0.3 is 29.3 Å². The number of carbonyl (C=O) groups is 2. The van der Waals surface area contributed by atoms with E-state index in [4.69, 9.17) is 14.2 Å². The molecule has 1 N–H and O–H groups in total. The third kappa shape index (κ3) is 7.76. The van der Waals surface area contributed by atoms with Crippen LogP contribution in [0.4, 0.5) is 5.82 Å². The molecule has 0 aliphatic carbocycles. The van der Waals surface area contributed by atoms with Crippen LogP contribution in [0.1, 0.15) is 18.9 Å². The average molecular weight is 552 g/mol. The zero-order chi connectivity index (χ0) is 28.3. The van der Waals surface area contributed by atoms with Gasteiger partial charge in [0.1, 0.15) is 30.5 Å². The molecule has 2 atom stereocenters. The first kappa shape index (κ1) is 29.0. The van der Waals surface area contributed by atoms with Gasteiger partial charge in [-0.2, -0.15) is 4.98 Å². The molecular weight excluding hydrogens is 514 g/mol. The van der Waals surface area contributed by atoms with Gasteiger partial charge in [0.05, 0.1) is 25.7 Å². The third-order valence-electron chi connectivity index (χ3n) is 6.75. The van der Waals surface area contributed by atoms with E-state index in [1.54, 1.807) is 54.7 Å². The highest BCUT2D eigenvalue weighted by Gasteiger charge is 2.35. The normalized spacial score (nSPS) is 16.0. The van der Waals surface area contributed by atoms with E-state index < -0.39 is 6.04 Å². The van der Waals surface area contributed by atoms with Gasteiger partial charge in [-0.3, -0.25) is 14.2 Å². The van der Waals surface area contributed by atoms with E-state index in [1.807, 2.05) is 36.1 Å². The van der Waals surface area contributed by atoms with Gasteiger partial charge >= 0.3 is 0 Å². The van der Waals surface area contributed by atoms with Crippen LogP contribution in [-0.4, -0.2) is 102 Å². The molecule has 1 saturated heterocycles. The SMILES string of the molecule is COCCOc1ccc(CCNC(=O)C2CN(C(=O)CC(C)OC)CCN2c2ccnc(-n3ccnc3)n2)cc1. The van der Waals surface area contributed by atoms with Crippen LogP contribution in [0.15, 0.2) is 55.2 Å². The Bertz CT molecular complexity index is 1220. The Kier molecular flexibility index (Phi) is 10.4. The Balaban J connectivity index is 1.43. The molecule has 2 aromatic heterocycles. The van der Waals surface area contributed by atoms with Crippen molar-refractivity contribution < 1.29 is 23.8 Å². The summed E-state index contributed by atoms with van der Waals surface area (Å²) >= 11 is 0. The van der Waals surface area contributed by atoms with E-state index in [-0.39, 0.29) is 30.9 Å². The molecule has 3 heterocycles. The average Bonchev–Trinajstić information content (AvgIpc) is 3.53. The molecule has 0 spiro atoms. The van der Waals surface area contributed by atoms with Crippen molar-refractivity contribution in [1.82, 2.24) is 29.7 Å². The van der Waals surface area contributed by atoms with Crippen molar-refractivity contribution in [2.24, 2.45) is 0 Å². The lowest BCUT2D eigenvalue weighted by Gasteiger charge is -2.41. The van der Waals surface area contributed by atoms with Crippen molar-refractivity contribution >= 4 is 17.6 Å². The predicted octanol–water partition coefficient (Wildman–Crippen LogP) is 1.49. The van der Waals surface area contributed by atoms with Gasteiger partial charge in [0.15, 0.2) is 0 Å². The number of rotatable bonds is 13. The molecule has 0 saturated carbocycles. The number of carbonyl (C=O) groups excluding carboxylic acids is 2. The van der Waals surface area contributed by atoms with E-state index in [9.17, 15) is 9.59 Å². The first-order valence-corrected chi connectivity index (χ1v) is 13.4. The second-order valence-corrected chi connectivity index (χ2v) is 9.51. The number of amides is 2. The van der Waals surface area contributed by atoms with Crippen LogP contribution in [-0.2, 0) is 25.5 Å². The molecule has 1 aliphatic rings. The molecule has 1 aromatic carbocycles. The Morgan fingerprint density at radius 3 is 2.65 bits per heavy atom. The van der Waals surface area contributed by atoms with E-state index in [1.165, 1.54) is 0 Å². The number of aromatic nitrogens is 4. The highest BCUT2D eigenvalue weighted by atomic mass is 16.5. The van der Waals surface area contributed by atoms with Gasteiger partial charge in [-0.05, 0) is 37.1 Å². The number of methoxy groups -OCH3 is 2. The summed E-state index contributed by atoms with van der Waals surface area (Å²) in [7, 11) is 3.22. The highest BCUT2D eigenvalue weighted by Crippen LogP contribution is 2.21. The summed E-state index contributed by atoms with van der Waals surface area (Å²) in [5, 5.41) is 3.06. The van der Waals surface area contributed by atoms with Crippen LogP contribution in [0, 0.1) is 0 Å². The first-order chi connectivity index (χ1) is 19.5. The number of hydrogen-bond acceptors (Lipinski definition) is 9. The molecule has 12 heteroatoms. The molecule has 40 heavy (non-hydrogen) atoms. The lowest BCUT2D eigenvalue weighted by atomic mass is 10.1. The Morgan fingerprint density at radius 1 is 1.10 bits per heavy atom. The largest absolute Gasteiger partial charge is 0.491 e. The monoisotopic (exact) mass is 551 g/mol. The molecule has 214 valence electrons. The van der Waals surface area contributed by atoms with E-state index in [0.717, 1.165) is 11.3 Å². The topological polar surface area (TPSA) is 124 Å². The quantitative estimate of drug-likeness (QED) is 0.315. The summed E-state index contributed by atoms with van der Waals surface area (Å²) in [6.07, 6.45) is 7.41. The third-order valence-corrected chi connectivity index (χ3v) is 6.75. The maximum atomic E-state index is 13.5. The number of hydrogen-bond donors (Lipinski definition) is 1. The number of benzene rings is 1. The summed E-state index contributed by atoms with van der Waals surface area (Å²) in [6, 6.07) is 8.95. The number of piperazine rings is 1. The standard InChI is InChI=1S/C28H37N7O5/c1-21(39-3)18-26(36)33-14-15-35(25-9-11-31-28(32-25)34-13-12-29-20-34)24(19-33)27(37)30-10-8-22-4-6-23(7-5-22)40-17-16-38-2/h4-7,9,11-13,20-21,24H,8,10,14-19H2,1-3H3,(H,30,37). The fraction of sp³-hybridized carbons (Fsp3) is 0.464. The Labute approximate surface area is 234 Å². The van der Waals surface area contributed by atoms with Gasteiger partial charge in [-0.25, -0.2) is 9.97 Å². The summed E-state index contributed by atoms with van der Waals surface area (Å²) in [5.74, 6) is 1.63. The smallest absolute Gasteiger partial charge is 0.244 e. The van der Waals surface area contributed by atoms with E-state index in [2.05, 4.69) is 20.3 Å². The van der Waals surface area contributed by atoms with E-state index >= 15 is 0 Å². The summed E-state index contributed by atoms with van der Waals surface area (Å²) in [4.78, 5) is 43.2. The van der Waals surface area contributed by atoms with Crippen molar-refractivity contribution in [3.05, 3.63) is 60.8 Å². The highest BCUT2D eigenvalue weighted by molar-refractivity contribution is 5.87. The lowest BCUT2D eigenvalue weighted by molar-refractivity contribution is -0.135. The molecule has 4 rings (SSSR count). The number of anilines is 1. The maximum Gasteiger partial charge on any atom is 0.244 e. The van der Waals surface area contributed by atoms with Gasteiger partial charge in [0, 0.05) is 52.4 Å². The van der Waals surface area contributed by atoms with Crippen molar-refractivity contribution in [2.45, 2.75) is 31.9 Å². The molecule has 1 aliphatic heterocycles. The van der Waals surface area contributed by atoms with Crippen LogP contribution < -0.4 is 15.0 Å². The first-order valence-electron chi connectivity index (χ1n) is 13.4. The molecule has 0 radical (unpaired) electrons. The molecule has 12 nitrogen and oxygen atoms in total. The summed E-state index contributed by atoms with van der Waals surface area (Å²) in [6.45, 7) is 4.50. The van der Waals surface area contributed by atoms with Crippen molar-refractivity contribution in [1.29, 1.82) is 0 Å². The minimum Gasteiger partial charge on any atom is -0.491 e. The number of imidazole rings is 1. The predicted molar refractivity (Wildman–Crippen MR) is 148 cm³/mol. The number of nitrogens with zero attached hydrogens (tertiary/aromatic N) is 6. The Hall–Kier alpha value is -4.03. The lowest BCUT2D eigenvalue weighted by Crippen LogP contribution is -2.60. The van der Waals surface area contributed by atoms with Crippen molar-refractivity contribution in [3.8, 4) is 11.7 Å². The molecule has 0 bridgehead atoms. The molecular formula is C28H37N7O5. The van der Waals surface area contributed by atoms with Crippen LogP contribution in [0.3, 0.4) is 0 Å². The van der Waals surface area contributed by atoms with Crippen LogP contribution in [0.2, 0.25) is 0 Å². The van der Waals surface area contributed by atoms with Gasteiger partial charge in [-0.1, -0.05) is 12.1 Å². The van der Waals surface area contributed by atoms with Crippen LogP contribution in [0.5, 0.6) is 5.75 Å². The van der Waals surface area contributed by atoms with Crippen LogP contribution >= 0.6 is 0 Å². The second-order valence-electron chi connectivity index (χ2n) is 9.51. The minimum absolute atomic E-state index is 0.0404. The summed E-state index contributed by atoms with van der Waals surface area (Å²) in [5.41, 5.74) is 1.08. The van der Waals surface area contributed by atoms with Gasteiger partial charge in [0.2, 0.25) is 17.8 Å². The summed E-state index contributed by atoms with van der Waals surface area (Å²) < 4.78 is 17.6. The number of nitrogens with one attached hydrogen (secondary N) is 1. The second kappa shape index (κ2) is 14.4. The molecule has 2 amide bonds. The zero-order valence-corrected chi connectivity index (χ0v) is 23.2. The molecule has 1 fully saturated rings. The molecule has 3 aromatic rings. The van der Waals surface area contributed by atoms with Gasteiger partial charge in [0.25, 0.3) is 0 Å². The van der Waals surface area contributed by atoms with Crippen molar-refractivity contribution in [3.63, 3.8) is 0 Å². The number of ether oxygens (including phenoxy) is 3. The minimum atomic E-state index is -0.613. The fourth-order valence-corrected chi connectivity index (χ4v) is 4.41. The fourth-order valence-electron chi connectivity index (χ4n) is 4.41. The van der Waals surface area contributed by atoms with Gasteiger partial charge in [-0.15, -0.1) is 0 Å². The Morgan fingerprint density at radius 2 is 1.93 bits per heavy atom. The maximum absolute atomic E-state index is 13.5.